The largest absolute Gasteiger partial charge is 0.418 e. The second-order valence-corrected chi connectivity index (χ2v) is 8.56. The summed E-state index contributed by atoms with van der Waals surface area (Å²) in [4.78, 5) is 19.3. The minimum absolute atomic E-state index is 0.00866. The zero-order valence-corrected chi connectivity index (χ0v) is 18.6. The Kier molecular flexibility index (Phi) is 5.75. The van der Waals surface area contributed by atoms with Gasteiger partial charge in [-0.25, -0.2) is 4.98 Å². The summed E-state index contributed by atoms with van der Waals surface area (Å²) in [5, 5.41) is 2.51. The van der Waals surface area contributed by atoms with Crippen LogP contribution in [0.5, 0.6) is 0 Å². The summed E-state index contributed by atoms with van der Waals surface area (Å²) in [5.74, 6) is -0.436. The Balaban J connectivity index is 2.03. The van der Waals surface area contributed by atoms with E-state index in [9.17, 15) is 18.0 Å². The molecule has 1 aliphatic rings. The van der Waals surface area contributed by atoms with Crippen molar-refractivity contribution < 1.29 is 18.0 Å². The van der Waals surface area contributed by atoms with Crippen molar-refractivity contribution in [2.24, 2.45) is 0 Å². The molecule has 0 spiro atoms. The van der Waals surface area contributed by atoms with Crippen LogP contribution >= 0.6 is 0 Å². The van der Waals surface area contributed by atoms with Gasteiger partial charge in [0.2, 0.25) is 0 Å². The number of nitrogens with one attached hydrogen (secondary N) is 1. The van der Waals surface area contributed by atoms with E-state index in [4.69, 9.17) is 0 Å². The van der Waals surface area contributed by atoms with Crippen LogP contribution in [0.25, 0.3) is 16.7 Å². The predicted molar refractivity (Wildman–Crippen MR) is 118 cm³/mol. The van der Waals surface area contributed by atoms with E-state index in [-0.39, 0.29) is 22.9 Å². The van der Waals surface area contributed by atoms with Crippen molar-refractivity contribution in [1.29, 1.82) is 0 Å². The maximum atomic E-state index is 14.7. The summed E-state index contributed by atoms with van der Waals surface area (Å²) in [6.07, 6.45) is -4.07. The zero-order chi connectivity index (χ0) is 23.2. The van der Waals surface area contributed by atoms with E-state index < -0.39 is 23.6 Å². The lowest BCUT2D eigenvalue weighted by Gasteiger charge is -2.26. The minimum Gasteiger partial charge on any atom is -0.355 e. The number of imidazole rings is 1. The molecule has 0 radical (unpaired) electrons. The second-order valence-electron chi connectivity index (χ2n) is 8.56. The number of likely N-dealkylation sites (tertiary alicyclic amines) is 1. The van der Waals surface area contributed by atoms with Gasteiger partial charge in [0.1, 0.15) is 5.82 Å². The third kappa shape index (κ3) is 3.77. The number of hydrogen-bond acceptors (Lipinski definition) is 3. The van der Waals surface area contributed by atoms with Crippen LogP contribution in [0.4, 0.5) is 13.2 Å². The van der Waals surface area contributed by atoms with Crippen molar-refractivity contribution in [2.75, 3.05) is 20.1 Å². The van der Waals surface area contributed by atoms with E-state index >= 15 is 0 Å². The van der Waals surface area contributed by atoms with E-state index in [2.05, 4.69) is 15.2 Å². The molecule has 1 saturated heterocycles. The van der Waals surface area contributed by atoms with Crippen molar-refractivity contribution in [3.63, 3.8) is 0 Å². The minimum atomic E-state index is -4.64. The van der Waals surface area contributed by atoms with Gasteiger partial charge in [0, 0.05) is 25.2 Å². The van der Waals surface area contributed by atoms with Crippen molar-refractivity contribution in [3.8, 4) is 5.69 Å². The second kappa shape index (κ2) is 8.24. The fourth-order valence-corrected chi connectivity index (χ4v) is 4.79. The lowest BCUT2D eigenvalue weighted by molar-refractivity contribution is -0.138. The van der Waals surface area contributed by atoms with Crippen molar-refractivity contribution in [2.45, 2.75) is 45.3 Å². The Bertz CT molecular complexity index is 1170. The number of para-hydroxylation sites is 2. The average Bonchev–Trinajstić information content (AvgIpc) is 3.35. The number of fused-ring (bicyclic) bond motifs is 1. The topological polar surface area (TPSA) is 50.2 Å². The first-order chi connectivity index (χ1) is 15.1. The molecule has 0 unspecified atom stereocenters. The molecule has 1 aliphatic heterocycles. The number of halogens is 3. The Morgan fingerprint density at radius 2 is 1.91 bits per heavy atom. The third-order valence-corrected chi connectivity index (χ3v) is 6.31. The van der Waals surface area contributed by atoms with Crippen molar-refractivity contribution in [1.82, 2.24) is 19.8 Å². The van der Waals surface area contributed by atoms with Gasteiger partial charge < -0.3 is 10.2 Å². The van der Waals surface area contributed by atoms with Crippen LogP contribution < -0.4 is 5.32 Å². The molecule has 4 rings (SSSR count). The molecule has 1 aromatic heterocycles. The zero-order valence-electron chi connectivity index (χ0n) is 18.6. The fourth-order valence-electron chi connectivity index (χ4n) is 4.79. The molecule has 5 nitrogen and oxygen atoms in total. The summed E-state index contributed by atoms with van der Waals surface area (Å²) < 4.78 is 45.7. The molecule has 32 heavy (non-hydrogen) atoms. The van der Waals surface area contributed by atoms with Crippen LogP contribution in [-0.2, 0) is 6.18 Å². The first-order valence-electron chi connectivity index (χ1n) is 10.8. The maximum Gasteiger partial charge on any atom is 0.418 e. The summed E-state index contributed by atoms with van der Waals surface area (Å²) >= 11 is 0. The van der Waals surface area contributed by atoms with E-state index in [1.54, 1.807) is 29.7 Å². The summed E-state index contributed by atoms with van der Waals surface area (Å²) in [6, 6.07) is 10.3. The third-order valence-electron chi connectivity index (χ3n) is 6.31. The number of aromatic nitrogens is 2. The first kappa shape index (κ1) is 22.3. The number of aryl methyl sites for hydroxylation is 1. The monoisotopic (exact) mass is 444 g/mol. The van der Waals surface area contributed by atoms with Gasteiger partial charge in [-0.1, -0.05) is 12.1 Å². The Morgan fingerprint density at radius 3 is 2.53 bits per heavy atom. The number of benzene rings is 2. The van der Waals surface area contributed by atoms with Crippen LogP contribution in [0.3, 0.4) is 0 Å². The molecule has 1 N–H and O–H groups in total. The molecule has 1 amide bonds. The normalized spacial score (nSPS) is 17.4. The predicted octanol–water partition coefficient (Wildman–Crippen LogP) is 4.91. The Morgan fingerprint density at radius 1 is 1.19 bits per heavy atom. The summed E-state index contributed by atoms with van der Waals surface area (Å²) in [6.45, 7) is 6.94. The van der Waals surface area contributed by atoms with E-state index in [1.807, 2.05) is 19.9 Å². The molecular weight excluding hydrogens is 417 g/mol. The molecule has 0 bridgehead atoms. The molecule has 0 saturated carbocycles. The molecule has 2 heterocycles. The number of carbonyl (C=O) groups is 1. The highest BCUT2D eigenvalue weighted by atomic mass is 19.4. The van der Waals surface area contributed by atoms with E-state index in [0.29, 0.717) is 36.4 Å². The SMILES string of the molecule is CNC(=O)c1ccc(-n2c(C)nc3ccccc32)c(C(F)(F)F)c1[C@H]1CCN(C(C)C)C1. The van der Waals surface area contributed by atoms with Gasteiger partial charge in [0.25, 0.3) is 5.91 Å². The molecule has 2 aromatic carbocycles. The van der Waals surface area contributed by atoms with Crippen LogP contribution in [0.15, 0.2) is 36.4 Å². The molecule has 8 heteroatoms. The quantitative estimate of drug-likeness (QED) is 0.622. The number of alkyl halides is 3. The smallest absolute Gasteiger partial charge is 0.355 e. The lowest BCUT2D eigenvalue weighted by Crippen LogP contribution is -2.29. The van der Waals surface area contributed by atoms with Gasteiger partial charge in [0.15, 0.2) is 0 Å². The molecular formula is C24H27F3N4O. The molecule has 1 atom stereocenters. The van der Waals surface area contributed by atoms with Crippen LogP contribution in [-0.4, -0.2) is 46.5 Å². The van der Waals surface area contributed by atoms with Crippen LogP contribution in [0, 0.1) is 6.92 Å². The van der Waals surface area contributed by atoms with Gasteiger partial charge in [-0.15, -0.1) is 0 Å². The highest BCUT2D eigenvalue weighted by Crippen LogP contribution is 2.44. The number of hydrogen-bond donors (Lipinski definition) is 1. The molecule has 0 aliphatic carbocycles. The summed E-state index contributed by atoms with van der Waals surface area (Å²) in [5.41, 5.74) is 0.650. The number of amides is 1. The molecule has 1 fully saturated rings. The number of nitrogens with zero attached hydrogens (tertiary/aromatic N) is 3. The standard InChI is InChI=1S/C24H27F3N4O/c1-14(2)30-12-11-16(13-30)21-17(23(32)28-4)9-10-20(22(21)24(25,26)27)31-15(3)29-18-7-5-6-8-19(18)31/h5-10,14,16H,11-13H2,1-4H3,(H,28,32)/t16-/m0/s1. The van der Waals surface area contributed by atoms with Crippen LogP contribution in [0.1, 0.15) is 53.5 Å². The highest BCUT2D eigenvalue weighted by molar-refractivity contribution is 5.97. The number of rotatable bonds is 4. The Labute approximate surface area is 185 Å². The average molecular weight is 445 g/mol. The van der Waals surface area contributed by atoms with Crippen LogP contribution in [0.2, 0.25) is 0 Å². The van der Waals surface area contributed by atoms with E-state index in [0.717, 1.165) is 0 Å². The van der Waals surface area contributed by atoms with Crippen molar-refractivity contribution in [3.05, 3.63) is 58.9 Å². The lowest BCUT2D eigenvalue weighted by atomic mass is 9.87. The first-order valence-corrected chi connectivity index (χ1v) is 10.8. The van der Waals surface area contributed by atoms with Gasteiger partial charge in [-0.3, -0.25) is 9.36 Å². The van der Waals surface area contributed by atoms with Gasteiger partial charge >= 0.3 is 6.18 Å². The maximum absolute atomic E-state index is 14.7. The van der Waals surface area contributed by atoms with E-state index in [1.165, 1.54) is 19.2 Å². The Hall–Kier alpha value is -2.87. The van der Waals surface area contributed by atoms with Crippen molar-refractivity contribution >= 4 is 16.9 Å². The number of carbonyl (C=O) groups excluding carboxylic acids is 1. The highest BCUT2D eigenvalue weighted by Gasteiger charge is 2.42. The molecule has 170 valence electrons. The summed E-state index contributed by atoms with van der Waals surface area (Å²) in [7, 11) is 1.44. The van der Waals surface area contributed by atoms with Gasteiger partial charge in [-0.05, 0) is 69.5 Å². The van der Waals surface area contributed by atoms with Gasteiger partial charge in [-0.2, -0.15) is 13.2 Å². The van der Waals surface area contributed by atoms with Gasteiger partial charge in [0.05, 0.1) is 22.3 Å². The molecule has 3 aromatic rings. The fraction of sp³-hybridized carbons (Fsp3) is 0.417.